The number of hydrogen-bond acceptors (Lipinski definition) is 5. The van der Waals surface area contributed by atoms with Crippen LogP contribution < -0.4 is 5.32 Å². The summed E-state index contributed by atoms with van der Waals surface area (Å²) in [6, 6.07) is 1.67. The number of aromatic carboxylic acids is 1. The molecule has 2 aromatic rings. The Morgan fingerprint density at radius 1 is 1.42 bits per heavy atom. The fourth-order valence-electron chi connectivity index (χ4n) is 1.33. The molecule has 1 amide bonds. The number of amides is 1. The quantitative estimate of drug-likeness (QED) is 0.779. The molecular weight excluding hydrogens is 420 g/mol. The monoisotopic (exact) mass is 424 g/mol. The highest BCUT2D eigenvalue weighted by molar-refractivity contribution is 9.13. The predicted molar refractivity (Wildman–Crippen MR) is 81.5 cm³/mol. The maximum Gasteiger partial charge on any atom is 0.340 e. The van der Waals surface area contributed by atoms with E-state index in [0.717, 1.165) is 19.8 Å². The molecule has 100 valence electrons. The Morgan fingerprint density at radius 3 is 2.63 bits per heavy atom. The third-order valence-electron chi connectivity index (χ3n) is 2.17. The second kappa shape index (κ2) is 5.70. The van der Waals surface area contributed by atoms with Crippen molar-refractivity contribution in [3.8, 4) is 0 Å². The smallest absolute Gasteiger partial charge is 0.340 e. The van der Waals surface area contributed by atoms with Gasteiger partial charge in [0.05, 0.1) is 14.4 Å². The molecule has 0 aliphatic heterocycles. The van der Waals surface area contributed by atoms with Crippen LogP contribution in [0.2, 0.25) is 0 Å². The zero-order valence-corrected chi connectivity index (χ0v) is 14.2. The summed E-state index contributed by atoms with van der Waals surface area (Å²) < 4.78 is 5.52. The van der Waals surface area contributed by atoms with Crippen molar-refractivity contribution < 1.29 is 14.7 Å². The minimum Gasteiger partial charge on any atom is -0.478 e. The molecule has 0 aliphatic carbocycles. The maximum absolute atomic E-state index is 12.0. The van der Waals surface area contributed by atoms with Gasteiger partial charge in [-0.15, -0.1) is 11.3 Å². The first-order chi connectivity index (χ1) is 8.90. The van der Waals surface area contributed by atoms with Crippen LogP contribution in [0.15, 0.2) is 14.3 Å². The van der Waals surface area contributed by atoms with Crippen molar-refractivity contribution in [1.82, 2.24) is 4.37 Å². The number of aryl methyl sites for hydroxylation is 1. The molecule has 2 N–H and O–H groups in total. The minimum absolute atomic E-state index is 0.0352. The summed E-state index contributed by atoms with van der Waals surface area (Å²) >= 11 is 8.80. The summed E-state index contributed by atoms with van der Waals surface area (Å²) in [6.07, 6.45) is 0. The standard InChI is InChI=1S/C10H6Br2N2O3S2/c1-3-6(10(16)17)9(19-14-3)13-8(15)5-2-4(11)7(12)18-5/h2H,1H3,(H,13,15)(H,16,17). The first-order valence-electron chi connectivity index (χ1n) is 4.86. The number of carbonyl (C=O) groups is 2. The van der Waals surface area contributed by atoms with E-state index in [4.69, 9.17) is 5.11 Å². The second-order valence-corrected chi connectivity index (χ2v) is 7.46. The zero-order valence-electron chi connectivity index (χ0n) is 9.36. The number of rotatable bonds is 3. The lowest BCUT2D eigenvalue weighted by Crippen LogP contribution is -2.12. The number of anilines is 1. The first kappa shape index (κ1) is 14.6. The highest BCUT2D eigenvalue weighted by Gasteiger charge is 2.20. The van der Waals surface area contributed by atoms with E-state index in [9.17, 15) is 9.59 Å². The Kier molecular flexibility index (Phi) is 4.39. The summed E-state index contributed by atoms with van der Waals surface area (Å²) in [5.74, 6) is -1.46. The average Bonchev–Trinajstić information content (AvgIpc) is 2.84. The minimum atomic E-state index is -1.10. The zero-order chi connectivity index (χ0) is 14.2. The molecular formula is C10H6Br2N2O3S2. The lowest BCUT2D eigenvalue weighted by Gasteiger charge is -2.01. The normalized spacial score (nSPS) is 10.5. The Labute approximate surface area is 133 Å². The molecule has 0 aliphatic rings. The molecule has 0 aromatic carbocycles. The molecule has 2 aromatic heterocycles. The van der Waals surface area contributed by atoms with Gasteiger partial charge in [0, 0.05) is 4.47 Å². The number of carboxylic acids is 1. The highest BCUT2D eigenvalue weighted by Crippen LogP contribution is 2.33. The number of nitrogens with one attached hydrogen (secondary N) is 1. The number of carboxylic acid groups (broad SMARTS) is 1. The third kappa shape index (κ3) is 3.04. The summed E-state index contributed by atoms with van der Waals surface area (Å²) in [6.45, 7) is 1.59. The highest BCUT2D eigenvalue weighted by atomic mass is 79.9. The Bertz CT molecular complexity index is 646. The van der Waals surface area contributed by atoms with E-state index < -0.39 is 5.97 Å². The van der Waals surface area contributed by atoms with E-state index in [1.54, 1.807) is 13.0 Å². The van der Waals surface area contributed by atoms with Crippen LogP contribution in [0, 0.1) is 6.92 Å². The number of aromatic nitrogens is 1. The number of halogens is 2. The van der Waals surface area contributed by atoms with E-state index in [0.29, 0.717) is 10.6 Å². The second-order valence-electron chi connectivity index (χ2n) is 3.46. The Balaban J connectivity index is 2.27. The van der Waals surface area contributed by atoms with Gasteiger partial charge in [0.1, 0.15) is 10.6 Å². The van der Waals surface area contributed by atoms with Crippen LogP contribution in [0.1, 0.15) is 25.7 Å². The van der Waals surface area contributed by atoms with Gasteiger partial charge >= 0.3 is 5.97 Å². The van der Waals surface area contributed by atoms with Gasteiger partial charge in [-0.2, -0.15) is 4.37 Å². The van der Waals surface area contributed by atoms with Crippen LogP contribution in [0.25, 0.3) is 0 Å². The van der Waals surface area contributed by atoms with Gasteiger partial charge in [0.2, 0.25) is 0 Å². The molecule has 0 atom stereocenters. The van der Waals surface area contributed by atoms with Gasteiger partial charge in [-0.3, -0.25) is 4.79 Å². The van der Waals surface area contributed by atoms with Crippen LogP contribution in [-0.4, -0.2) is 21.4 Å². The van der Waals surface area contributed by atoms with Gasteiger partial charge in [0.15, 0.2) is 0 Å². The van der Waals surface area contributed by atoms with Crippen LogP contribution in [0.4, 0.5) is 5.00 Å². The van der Waals surface area contributed by atoms with Crippen molar-refractivity contribution in [3.63, 3.8) is 0 Å². The lowest BCUT2D eigenvalue weighted by atomic mass is 10.2. The molecule has 0 radical (unpaired) electrons. The third-order valence-corrected chi connectivity index (χ3v) is 6.28. The van der Waals surface area contributed by atoms with Gasteiger partial charge in [-0.1, -0.05) is 0 Å². The largest absolute Gasteiger partial charge is 0.478 e. The molecule has 0 saturated heterocycles. The Morgan fingerprint density at radius 2 is 2.11 bits per heavy atom. The number of nitrogens with zero attached hydrogens (tertiary/aromatic N) is 1. The molecule has 0 spiro atoms. The van der Waals surface area contributed by atoms with Crippen molar-refractivity contribution in [3.05, 3.63) is 30.5 Å². The van der Waals surface area contributed by atoms with Crippen LogP contribution in [0.5, 0.6) is 0 Å². The number of thiophene rings is 1. The van der Waals surface area contributed by atoms with Crippen LogP contribution >= 0.6 is 54.7 Å². The van der Waals surface area contributed by atoms with E-state index in [1.807, 2.05) is 0 Å². The van der Waals surface area contributed by atoms with Crippen molar-refractivity contribution in [1.29, 1.82) is 0 Å². The summed E-state index contributed by atoms with van der Waals surface area (Å²) in [7, 11) is 0. The van der Waals surface area contributed by atoms with E-state index in [-0.39, 0.29) is 16.5 Å². The molecule has 19 heavy (non-hydrogen) atoms. The predicted octanol–water partition coefficient (Wildman–Crippen LogP) is 3.99. The first-order valence-corrected chi connectivity index (χ1v) is 8.03. The topological polar surface area (TPSA) is 79.3 Å². The summed E-state index contributed by atoms with van der Waals surface area (Å²) in [5.41, 5.74) is 0.425. The maximum atomic E-state index is 12.0. The van der Waals surface area contributed by atoms with Gasteiger partial charge in [-0.05, 0) is 56.4 Å². The molecule has 5 nitrogen and oxygen atoms in total. The van der Waals surface area contributed by atoms with Crippen molar-refractivity contribution in [2.24, 2.45) is 0 Å². The van der Waals surface area contributed by atoms with Crippen molar-refractivity contribution in [2.45, 2.75) is 6.92 Å². The summed E-state index contributed by atoms with van der Waals surface area (Å²) in [4.78, 5) is 23.6. The van der Waals surface area contributed by atoms with Crippen LogP contribution in [-0.2, 0) is 0 Å². The van der Waals surface area contributed by atoms with E-state index >= 15 is 0 Å². The molecule has 0 fully saturated rings. The lowest BCUT2D eigenvalue weighted by molar-refractivity contribution is 0.0697. The Hall–Kier alpha value is -0.770. The molecule has 2 rings (SSSR count). The van der Waals surface area contributed by atoms with Crippen molar-refractivity contribution in [2.75, 3.05) is 5.32 Å². The fourth-order valence-corrected chi connectivity index (χ4v) is 4.05. The molecule has 9 heteroatoms. The molecule has 2 heterocycles. The van der Waals surface area contributed by atoms with Gasteiger partial charge in [0.25, 0.3) is 5.91 Å². The SMILES string of the molecule is Cc1nsc(NC(=O)c2cc(Br)c(Br)s2)c1C(=O)O. The fraction of sp³-hybridized carbons (Fsp3) is 0.100. The number of hydrogen-bond donors (Lipinski definition) is 2. The molecule has 0 saturated carbocycles. The van der Waals surface area contributed by atoms with Gasteiger partial charge < -0.3 is 10.4 Å². The van der Waals surface area contributed by atoms with Crippen LogP contribution in [0.3, 0.4) is 0 Å². The van der Waals surface area contributed by atoms with E-state index in [2.05, 4.69) is 41.6 Å². The number of carbonyl (C=O) groups excluding carboxylic acids is 1. The van der Waals surface area contributed by atoms with E-state index in [1.165, 1.54) is 11.3 Å². The summed E-state index contributed by atoms with van der Waals surface area (Å²) in [5, 5.41) is 11.9. The van der Waals surface area contributed by atoms with Gasteiger partial charge in [-0.25, -0.2) is 4.79 Å². The molecule has 0 bridgehead atoms. The van der Waals surface area contributed by atoms with Crippen molar-refractivity contribution >= 4 is 71.6 Å². The average molecular weight is 426 g/mol. The molecule has 0 unspecified atom stereocenters.